The van der Waals surface area contributed by atoms with Crippen molar-refractivity contribution in [2.45, 2.75) is 18.7 Å². The van der Waals surface area contributed by atoms with Crippen LogP contribution in [-0.2, 0) is 14.8 Å². The predicted molar refractivity (Wildman–Crippen MR) is 146 cm³/mol. The number of rotatable bonds is 12. The molecule has 3 rings (SSSR count). The van der Waals surface area contributed by atoms with E-state index in [0.717, 1.165) is 4.31 Å². The van der Waals surface area contributed by atoms with E-state index in [4.69, 9.17) is 21.1 Å². The molecule has 0 unspecified atom stereocenters. The number of nitrogens with zero attached hydrogens (tertiary/aromatic N) is 2. The second kappa shape index (κ2) is 12.9. The van der Waals surface area contributed by atoms with E-state index < -0.39 is 22.5 Å². The Morgan fingerprint density at radius 3 is 2.51 bits per heavy atom. The minimum atomic E-state index is -4.05. The van der Waals surface area contributed by atoms with Crippen molar-refractivity contribution in [3.05, 3.63) is 95.5 Å². The summed E-state index contributed by atoms with van der Waals surface area (Å²) in [6.45, 7) is 7.50. The van der Waals surface area contributed by atoms with Crippen LogP contribution >= 0.6 is 11.6 Å². The van der Waals surface area contributed by atoms with Crippen LogP contribution in [0.5, 0.6) is 11.5 Å². The highest BCUT2D eigenvalue weighted by molar-refractivity contribution is 7.92. The van der Waals surface area contributed by atoms with Crippen LogP contribution in [-0.4, -0.2) is 40.3 Å². The van der Waals surface area contributed by atoms with Gasteiger partial charge in [0.2, 0.25) is 0 Å². The maximum absolute atomic E-state index is 13.4. The maximum atomic E-state index is 13.4. The van der Waals surface area contributed by atoms with Crippen molar-refractivity contribution in [3.8, 4) is 11.5 Å². The third-order valence-electron chi connectivity index (χ3n) is 5.07. The van der Waals surface area contributed by atoms with Gasteiger partial charge in [-0.15, -0.1) is 0 Å². The summed E-state index contributed by atoms with van der Waals surface area (Å²) in [4.78, 5) is 12.9. The zero-order valence-electron chi connectivity index (χ0n) is 20.6. The van der Waals surface area contributed by atoms with E-state index in [-0.39, 0.29) is 4.90 Å². The Morgan fingerprint density at radius 2 is 1.84 bits per heavy atom. The first-order valence-corrected chi connectivity index (χ1v) is 13.2. The number of hydrogen-bond acceptors (Lipinski definition) is 6. The number of amides is 1. The first-order chi connectivity index (χ1) is 17.8. The molecule has 0 heterocycles. The topological polar surface area (TPSA) is 97.3 Å². The highest BCUT2D eigenvalue weighted by Gasteiger charge is 2.28. The molecule has 10 heteroatoms. The molecule has 0 bridgehead atoms. The molecule has 37 heavy (non-hydrogen) atoms. The fraction of sp³-hybridized carbons (Fsp3) is 0.185. The molecule has 194 valence electrons. The Balaban J connectivity index is 1.81. The molecule has 0 aliphatic carbocycles. The highest BCUT2D eigenvalue weighted by atomic mass is 35.5. The Kier molecular flexibility index (Phi) is 9.71. The fourth-order valence-electron chi connectivity index (χ4n) is 3.40. The number of sulfonamides is 1. The van der Waals surface area contributed by atoms with Crippen LogP contribution < -0.4 is 19.2 Å². The molecular weight excluding hydrogens is 514 g/mol. The van der Waals surface area contributed by atoms with E-state index in [0.29, 0.717) is 46.5 Å². The number of aryl methyl sites for hydroxylation is 1. The largest absolute Gasteiger partial charge is 0.490 e. The summed E-state index contributed by atoms with van der Waals surface area (Å²) >= 11 is 6.06. The lowest BCUT2D eigenvalue weighted by Gasteiger charge is -2.25. The van der Waals surface area contributed by atoms with Gasteiger partial charge in [-0.3, -0.25) is 9.10 Å². The third-order valence-corrected chi connectivity index (χ3v) is 7.08. The smallest absolute Gasteiger partial charge is 0.264 e. The van der Waals surface area contributed by atoms with Gasteiger partial charge in [-0.2, -0.15) is 5.10 Å². The summed E-state index contributed by atoms with van der Waals surface area (Å²) in [6, 6.07) is 17.9. The van der Waals surface area contributed by atoms with Gasteiger partial charge in [0.1, 0.15) is 13.2 Å². The molecule has 3 aromatic carbocycles. The molecule has 0 aromatic heterocycles. The van der Waals surface area contributed by atoms with Gasteiger partial charge in [0, 0.05) is 5.02 Å². The van der Waals surface area contributed by atoms with Crippen molar-refractivity contribution in [2.75, 3.05) is 24.1 Å². The number of carbonyl (C=O) groups is 1. The van der Waals surface area contributed by atoms with Crippen molar-refractivity contribution < 1.29 is 22.7 Å². The average molecular weight is 542 g/mol. The van der Waals surface area contributed by atoms with Gasteiger partial charge in [0.25, 0.3) is 15.9 Å². The van der Waals surface area contributed by atoms with Gasteiger partial charge in [-0.05, 0) is 73.5 Å². The Bertz CT molecular complexity index is 1380. The summed E-state index contributed by atoms with van der Waals surface area (Å²) in [5, 5.41) is 4.45. The van der Waals surface area contributed by atoms with E-state index >= 15 is 0 Å². The van der Waals surface area contributed by atoms with Crippen molar-refractivity contribution in [2.24, 2.45) is 5.10 Å². The molecule has 3 aromatic rings. The highest BCUT2D eigenvalue weighted by Crippen LogP contribution is 2.29. The molecule has 0 saturated carbocycles. The number of nitrogens with one attached hydrogen (secondary N) is 1. The lowest BCUT2D eigenvalue weighted by atomic mass is 10.2. The first-order valence-electron chi connectivity index (χ1n) is 11.4. The molecule has 0 fully saturated rings. The van der Waals surface area contributed by atoms with Gasteiger partial charge in [0.15, 0.2) is 11.5 Å². The number of carbonyl (C=O) groups excluding carboxylic acids is 1. The Morgan fingerprint density at radius 1 is 1.08 bits per heavy atom. The summed E-state index contributed by atoms with van der Waals surface area (Å²) in [7, 11) is -4.05. The quantitative estimate of drug-likeness (QED) is 0.199. The maximum Gasteiger partial charge on any atom is 0.264 e. The minimum Gasteiger partial charge on any atom is -0.490 e. The number of hydrazone groups is 1. The molecular formula is C27H28ClN3O5S. The molecule has 0 atom stereocenters. The predicted octanol–water partition coefficient (Wildman–Crippen LogP) is 4.96. The molecule has 8 nitrogen and oxygen atoms in total. The number of benzene rings is 3. The second-order valence-corrected chi connectivity index (χ2v) is 10.1. The molecule has 0 saturated heterocycles. The van der Waals surface area contributed by atoms with E-state index in [9.17, 15) is 13.2 Å². The van der Waals surface area contributed by atoms with Gasteiger partial charge in [-0.1, -0.05) is 42.5 Å². The van der Waals surface area contributed by atoms with E-state index in [1.807, 2.05) is 6.92 Å². The normalized spacial score (nSPS) is 11.2. The van der Waals surface area contributed by atoms with Crippen molar-refractivity contribution in [1.82, 2.24) is 5.43 Å². The van der Waals surface area contributed by atoms with E-state index in [2.05, 4.69) is 17.1 Å². The van der Waals surface area contributed by atoms with Gasteiger partial charge in [-0.25, -0.2) is 13.8 Å². The Hall–Kier alpha value is -3.82. The van der Waals surface area contributed by atoms with Crippen LogP contribution in [0.3, 0.4) is 0 Å². The van der Waals surface area contributed by atoms with Gasteiger partial charge < -0.3 is 9.47 Å². The monoisotopic (exact) mass is 541 g/mol. The number of anilines is 1. The molecule has 0 spiro atoms. The van der Waals surface area contributed by atoms with Gasteiger partial charge in [0.05, 0.1) is 23.4 Å². The SMILES string of the molecule is C=CCOc1ccc(/C=N\NC(=O)CN(c2ccc(Cl)cc2C)S(=O)(=O)c2ccccc2)cc1OCC. The van der Waals surface area contributed by atoms with Crippen LogP contribution in [0.25, 0.3) is 0 Å². The zero-order valence-corrected chi connectivity index (χ0v) is 22.1. The summed E-state index contributed by atoms with van der Waals surface area (Å²) in [6.07, 6.45) is 3.06. The summed E-state index contributed by atoms with van der Waals surface area (Å²) in [5.74, 6) is 0.460. The number of ether oxygens (including phenoxy) is 2. The van der Waals surface area contributed by atoms with Crippen LogP contribution in [0.15, 0.2) is 89.4 Å². The van der Waals surface area contributed by atoms with Crippen LogP contribution in [0, 0.1) is 6.92 Å². The van der Waals surface area contributed by atoms with Crippen molar-refractivity contribution >= 4 is 39.4 Å². The van der Waals surface area contributed by atoms with E-state index in [1.54, 1.807) is 67.6 Å². The minimum absolute atomic E-state index is 0.0582. The van der Waals surface area contributed by atoms with Crippen molar-refractivity contribution in [1.29, 1.82) is 0 Å². The lowest BCUT2D eigenvalue weighted by molar-refractivity contribution is -0.119. The van der Waals surface area contributed by atoms with Crippen LogP contribution in [0.1, 0.15) is 18.1 Å². The second-order valence-electron chi connectivity index (χ2n) is 7.79. The number of hydrogen-bond donors (Lipinski definition) is 1. The zero-order chi connectivity index (χ0) is 26.8. The molecule has 1 amide bonds. The summed E-state index contributed by atoms with van der Waals surface area (Å²) < 4.78 is 39.1. The van der Waals surface area contributed by atoms with Crippen LogP contribution in [0.4, 0.5) is 5.69 Å². The third kappa shape index (κ3) is 7.34. The fourth-order valence-corrected chi connectivity index (χ4v) is 5.14. The lowest BCUT2D eigenvalue weighted by Crippen LogP contribution is -2.40. The van der Waals surface area contributed by atoms with Crippen LogP contribution in [0.2, 0.25) is 5.02 Å². The van der Waals surface area contributed by atoms with Gasteiger partial charge >= 0.3 is 0 Å². The first kappa shape index (κ1) is 27.8. The molecule has 0 aliphatic heterocycles. The average Bonchev–Trinajstić information content (AvgIpc) is 2.88. The van der Waals surface area contributed by atoms with Crippen molar-refractivity contribution in [3.63, 3.8) is 0 Å². The molecule has 0 aliphatic rings. The number of halogens is 1. The Labute approximate surface area is 222 Å². The van der Waals surface area contributed by atoms with E-state index in [1.165, 1.54) is 18.3 Å². The molecule has 1 N–H and O–H groups in total. The standard InChI is InChI=1S/C27H28ClN3O5S/c1-4-15-36-25-14-11-21(17-26(25)35-5-2)18-29-30-27(32)19-31(24-13-12-22(28)16-20(24)3)37(33,34)23-9-7-6-8-10-23/h4,6-14,16-18H,1,5,15,19H2,2-3H3,(H,30,32)/b29-18-. The molecule has 0 radical (unpaired) electrons. The summed E-state index contributed by atoms with van der Waals surface area (Å²) in [5.41, 5.74) is 3.99.